The van der Waals surface area contributed by atoms with Crippen LogP contribution in [0.4, 0.5) is 5.82 Å². The number of hydrogen-bond donors (Lipinski definition) is 2. The van der Waals surface area contributed by atoms with Crippen LogP contribution in [0.1, 0.15) is 23.2 Å². The standard InChI is InChI=1S/C11H15N7O/c1-3-12-9-5-13-8(4-14-9)11(19)18(2)6-10-15-7-16-17-10/h4-5,7H,3,6H2,1-2H3,(H,12,14)(H,15,16,17). The molecule has 8 nitrogen and oxygen atoms in total. The maximum atomic E-state index is 12.1. The van der Waals surface area contributed by atoms with Gasteiger partial charge in [-0.1, -0.05) is 0 Å². The fourth-order valence-corrected chi connectivity index (χ4v) is 1.51. The number of aromatic nitrogens is 5. The highest BCUT2D eigenvalue weighted by atomic mass is 16.2. The Morgan fingerprint density at radius 1 is 1.37 bits per heavy atom. The minimum atomic E-state index is -0.216. The van der Waals surface area contributed by atoms with Gasteiger partial charge < -0.3 is 10.2 Å². The lowest BCUT2D eigenvalue weighted by Crippen LogP contribution is -2.27. The third-order valence-corrected chi connectivity index (χ3v) is 2.43. The van der Waals surface area contributed by atoms with Crippen molar-refractivity contribution in [2.45, 2.75) is 13.5 Å². The van der Waals surface area contributed by atoms with Crippen LogP contribution in [0.5, 0.6) is 0 Å². The van der Waals surface area contributed by atoms with Crippen molar-refractivity contribution < 1.29 is 4.79 Å². The van der Waals surface area contributed by atoms with E-state index < -0.39 is 0 Å². The number of rotatable bonds is 5. The molecule has 0 bridgehead atoms. The van der Waals surface area contributed by atoms with Gasteiger partial charge in [-0.3, -0.25) is 9.89 Å². The van der Waals surface area contributed by atoms with Gasteiger partial charge in [0.05, 0.1) is 18.9 Å². The van der Waals surface area contributed by atoms with Gasteiger partial charge in [0, 0.05) is 13.6 Å². The van der Waals surface area contributed by atoms with E-state index in [4.69, 9.17) is 0 Å². The summed E-state index contributed by atoms with van der Waals surface area (Å²) in [6.07, 6.45) is 4.40. The highest BCUT2D eigenvalue weighted by molar-refractivity contribution is 5.91. The van der Waals surface area contributed by atoms with Crippen molar-refractivity contribution in [1.82, 2.24) is 30.0 Å². The van der Waals surface area contributed by atoms with Gasteiger partial charge in [-0.25, -0.2) is 15.0 Å². The van der Waals surface area contributed by atoms with Crippen LogP contribution >= 0.6 is 0 Å². The van der Waals surface area contributed by atoms with Crippen molar-refractivity contribution in [3.05, 3.63) is 30.2 Å². The number of carbonyl (C=O) groups excluding carboxylic acids is 1. The molecular formula is C11H15N7O. The number of hydrogen-bond acceptors (Lipinski definition) is 6. The van der Waals surface area contributed by atoms with E-state index in [2.05, 4.69) is 30.5 Å². The van der Waals surface area contributed by atoms with Gasteiger partial charge in [-0.15, -0.1) is 0 Å². The maximum Gasteiger partial charge on any atom is 0.274 e. The third kappa shape index (κ3) is 3.24. The van der Waals surface area contributed by atoms with Gasteiger partial charge in [0.1, 0.15) is 23.7 Å². The summed E-state index contributed by atoms with van der Waals surface area (Å²) in [5.74, 6) is 1.05. The molecular weight excluding hydrogens is 246 g/mol. The van der Waals surface area contributed by atoms with Crippen LogP contribution in [-0.2, 0) is 6.54 Å². The van der Waals surface area contributed by atoms with Crippen molar-refractivity contribution in [2.75, 3.05) is 18.9 Å². The van der Waals surface area contributed by atoms with Crippen LogP contribution in [0.25, 0.3) is 0 Å². The molecule has 2 aromatic heterocycles. The van der Waals surface area contributed by atoms with E-state index in [0.29, 0.717) is 23.9 Å². The van der Waals surface area contributed by atoms with Gasteiger partial charge in [0.2, 0.25) is 0 Å². The fourth-order valence-electron chi connectivity index (χ4n) is 1.51. The lowest BCUT2D eigenvalue weighted by atomic mass is 10.3. The van der Waals surface area contributed by atoms with Gasteiger partial charge in [-0.2, -0.15) is 5.10 Å². The molecule has 0 aliphatic carbocycles. The van der Waals surface area contributed by atoms with Crippen LogP contribution in [0.3, 0.4) is 0 Å². The van der Waals surface area contributed by atoms with E-state index in [9.17, 15) is 4.79 Å². The number of H-pyrrole nitrogens is 1. The number of nitrogens with one attached hydrogen (secondary N) is 2. The van der Waals surface area contributed by atoms with Gasteiger partial charge >= 0.3 is 0 Å². The molecule has 0 saturated carbocycles. The second-order valence-corrected chi connectivity index (χ2v) is 3.91. The molecule has 0 aliphatic heterocycles. The Morgan fingerprint density at radius 3 is 2.79 bits per heavy atom. The first-order chi connectivity index (χ1) is 9.20. The number of anilines is 1. The minimum absolute atomic E-state index is 0.216. The van der Waals surface area contributed by atoms with E-state index in [1.54, 1.807) is 13.2 Å². The lowest BCUT2D eigenvalue weighted by Gasteiger charge is -2.14. The first-order valence-corrected chi connectivity index (χ1v) is 5.86. The van der Waals surface area contributed by atoms with E-state index in [0.717, 1.165) is 6.54 Å². The molecule has 2 rings (SSSR count). The second-order valence-electron chi connectivity index (χ2n) is 3.91. The molecule has 0 spiro atoms. The third-order valence-electron chi connectivity index (χ3n) is 2.43. The van der Waals surface area contributed by atoms with E-state index in [1.807, 2.05) is 6.92 Å². The van der Waals surface area contributed by atoms with Crippen molar-refractivity contribution in [3.63, 3.8) is 0 Å². The minimum Gasteiger partial charge on any atom is -0.369 e. The molecule has 0 fully saturated rings. The Bertz CT molecular complexity index is 522. The molecule has 0 atom stereocenters. The zero-order valence-corrected chi connectivity index (χ0v) is 10.8. The smallest absolute Gasteiger partial charge is 0.274 e. The number of aromatic amines is 1. The normalized spacial score (nSPS) is 10.2. The molecule has 100 valence electrons. The average Bonchev–Trinajstić information content (AvgIpc) is 2.92. The predicted octanol–water partition coefficient (Wildman–Crippen LogP) is 0.299. The maximum absolute atomic E-state index is 12.1. The molecule has 2 aromatic rings. The lowest BCUT2D eigenvalue weighted by molar-refractivity contribution is 0.0775. The summed E-state index contributed by atoms with van der Waals surface area (Å²) in [7, 11) is 1.67. The largest absolute Gasteiger partial charge is 0.369 e. The monoisotopic (exact) mass is 261 g/mol. The van der Waals surface area contributed by atoms with Crippen LogP contribution in [0, 0.1) is 0 Å². The Hall–Kier alpha value is -2.51. The summed E-state index contributed by atoms with van der Waals surface area (Å²) in [4.78, 5) is 25.7. The van der Waals surface area contributed by atoms with Crippen LogP contribution in [0.15, 0.2) is 18.7 Å². The number of amides is 1. The molecule has 0 radical (unpaired) electrons. The molecule has 0 aliphatic rings. The summed E-state index contributed by atoms with van der Waals surface area (Å²) in [6.45, 7) is 3.06. The Kier molecular flexibility index (Phi) is 4.01. The molecule has 0 aromatic carbocycles. The summed E-state index contributed by atoms with van der Waals surface area (Å²) >= 11 is 0. The number of nitrogens with zero attached hydrogens (tertiary/aromatic N) is 5. The van der Waals surface area contributed by atoms with Crippen LogP contribution < -0.4 is 5.32 Å². The molecule has 19 heavy (non-hydrogen) atoms. The molecule has 0 saturated heterocycles. The summed E-state index contributed by atoms with van der Waals surface area (Å²) < 4.78 is 0. The summed E-state index contributed by atoms with van der Waals surface area (Å²) in [5, 5.41) is 9.45. The molecule has 1 amide bonds. The molecule has 8 heteroatoms. The molecule has 2 heterocycles. The van der Waals surface area contributed by atoms with Crippen molar-refractivity contribution >= 4 is 11.7 Å². The average molecular weight is 261 g/mol. The highest BCUT2D eigenvalue weighted by Gasteiger charge is 2.14. The fraction of sp³-hybridized carbons (Fsp3) is 0.364. The molecule has 2 N–H and O–H groups in total. The van der Waals surface area contributed by atoms with Crippen LogP contribution in [0.2, 0.25) is 0 Å². The summed E-state index contributed by atoms with van der Waals surface area (Å²) in [5.41, 5.74) is 0.295. The topological polar surface area (TPSA) is 99.7 Å². The number of carbonyl (C=O) groups is 1. The van der Waals surface area contributed by atoms with Gasteiger partial charge in [0.15, 0.2) is 0 Å². The highest BCUT2D eigenvalue weighted by Crippen LogP contribution is 2.05. The van der Waals surface area contributed by atoms with Crippen LogP contribution in [-0.4, -0.2) is 49.5 Å². The Labute approximate surface area is 110 Å². The first-order valence-electron chi connectivity index (χ1n) is 5.86. The predicted molar refractivity (Wildman–Crippen MR) is 68.4 cm³/mol. The van der Waals surface area contributed by atoms with Crippen molar-refractivity contribution in [1.29, 1.82) is 0 Å². The van der Waals surface area contributed by atoms with Crippen molar-refractivity contribution in [3.8, 4) is 0 Å². The Morgan fingerprint density at radius 2 is 2.21 bits per heavy atom. The first kappa shape index (κ1) is 12.9. The quantitative estimate of drug-likeness (QED) is 0.803. The van der Waals surface area contributed by atoms with Gasteiger partial charge in [0.25, 0.3) is 5.91 Å². The zero-order chi connectivity index (χ0) is 13.7. The molecule has 0 unspecified atom stereocenters. The SMILES string of the molecule is CCNc1cnc(C(=O)N(C)Cc2ncn[nH]2)cn1. The van der Waals surface area contributed by atoms with E-state index in [-0.39, 0.29) is 5.91 Å². The van der Waals surface area contributed by atoms with E-state index >= 15 is 0 Å². The van der Waals surface area contributed by atoms with E-state index in [1.165, 1.54) is 17.4 Å². The van der Waals surface area contributed by atoms with Crippen molar-refractivity contribution in [2.24, 2.45) is 0 Å². The van der Waals surface area contributed by atoms with Gasteiger partial charge in [-0.05, 0) is 6.92 Å². The zero-order valence-electron chi connectivity index (χ0n) is 10.8. The summed E-state index contributed by atoms with van der Waals surface area (Å²) in [6, 6.07) is 0. The Balaban J connectivity index is 2.02. The second kappa shape index (κ2) is 5.89.